The quantitative estimate of drug-likeness (QED) is 0.670. The number of carbonyl (C=O) groups is 1. The molecule has 2 fully saturated rings. The predicted molar refractivity (Wildman–Crippen MR) is 53.0 cm³/mol. The third kappa shape index (κ3) is 2.07. The summed E-state index contributed by atoms with van der Waals surface area (Å²) in [5, 5.41) is 2.86. The molecule has 2 rings (SSSR count). The zero-order valence-electron chi connectivity index (χ0n) is 8.66. The Balaban J connectivity index is 1.82. The summed E-state index contributed by atoms with van der Waals surface area (Å²) >= 11 is 0. The molecule has 0 aliphatic carbocycles. The zero-order chi connectivity index (χ0) is 9.97. The number of hydrogen-bond donors (Lipinski definition) is 1. The summed E-state index contributed by atoms with van der Waals surface area (Å²) in [5.74, 6) is 0.627. The second-order valence-electron chi connectivity index (χ2n) is 4.10. The molecule has 2 saturated heterocycles. The van der Waals surface area contributed by atoms with Crippen LogP contribution in [-0.2, 0) is 9.53 Å². The SMILES string of the molecule is CCN1CCC(C2CNC(=O)CO2)C1. The maximum Gasteiger partial charge on any atom is 0.246 e. The molecule has 0 saturated carbocycles. The van der Waals surface area contributed by atoms with Crippen LogP contribution in [0.3, 0.4) is 0 Å². The van der Waals surface area contributed by atoms with Crippen molar-refractivity contribution in [3.63, 3.8) is 0 Å². The highest BCUT2D eigenvalue weighted by Crippen LogP contribution is 2.22. The van der Waals surface area contributed by atoms with Crippen molar-refractivity contribution in [2.45, 2.75) is 19.4 Å². The van der Waals surface area contributed by atoms with Crippen LogP contribution in [0.1, 0.15) is 13.3 Å². The van der Waals surface area contributed by atoms with Gasteiger partial charge >= 0.3 is 0 Å². The van der Waals surface area contributed by atoms with Crippen LogP contribution in [0.2, 0.25) is 0 Å². The Kier molecular flexibility index (Phi) is 3.03. The van der Waals surface area contributed by atoms with E-state index in [1.165, 1.54) is 13.0 Å². The van der Waals surface area contributed by atoms with E-state index in [1.54, 1.807) is 0 Å². The predicted octanol–water partition coefficient (Wildman–Crippen LogP) is -0.157. The first-order chi connectivity index (χ1) is 6.79. The Hall–Kier alpha value is -0.610. The maximum absolute atomic E-state index is 10.9. The molecule has 0 bridgehead atoms. The molecule has 2 atom stereocenters. The molecule has 1 N–H and O–H groups in total. The highest BCUT2D eigenvalue weighted by atomic mass is 16.5. The maximum atomic E-state index is 10.9. The molecule has 2 unspecified atom stereocenters. The van der Waals surface area contributed by atoms with Gasteiger partial charge in [-0.3, -0.25) is 4.79 Å². The van der Waals surface area contributed by atoms with E-state index in [2.05, 4.69) is 17.1 Å². The number of nitrogens with one attached hydrogen (secondary N) is 1. The van der Waals surface area contributed by atoms with Gasteiger partial charge in [-0.2, -0.15) is 0 Å². The van der Waals surface area contributed by atoms with Gasteiger partial charge in [0.25, 0.3) is 0 Å². The lowest BCUT2D eigenvalue weighted by atomic mass is 10.0. The van der Waals surface area contributed by atoms with Gasteiger partial charge in [0.15, 0.2) is 0 Å². The fraction of sp³-hybridized carbons (Fsp3) is 0.900. The molecule has 0 aromatic heterocycles. The van der Waals surface area contributed by atoms with Crippen molar-refractivity contribution < 1.29 is 9.53 Å². The van der Waals surface area contributed by atoms with Crippen LogP contribution < -0.4 is 5.32 Å². The van der Waals surface area contributed by atoms with E-state index >= 15 is 0 Å². The summed E-state index contributed by atoms with van der Waals surface area (Å²) in [4.78, 5) is 13.3. The van der Waals surface area contributed by atoms with Crippen LogP contribution in [0.15, 0.2) is 0 Å². The molecular formula is C10H18N2O2. The number of amides is 1. The molecule has 4 nitrogen and oxygen atoms in total. The van der Waals surface area contributed by atoms with Gasteiger partial charge < -0.3 is 15.0 Å². The smallest absolute Gasteiger partial charge is 0.246 e. The number of likely N-dealkylation sites (tertiary alicyclic amines) is 1. The topological polar surface area (TPSA) is 41.6 Å². The minimum absolute atomic E-state index is 0.0200. The number of ether oxygens (including phenoxy) is 1. The van der Waals surface area contributed by atoms with Crippen molar-refractivity contribution in [1.29, 1.82) is 0 Å². The van der Waals surface area contributed by atoms with E-state index in [0.717, 1.165) is 13.1 Å². The highest BCUT2D eigenvalue weighted by molar-refractivity contribution is 5.77. The third-order valence-electron chi connectivity index (χ3n) is 3.21. The Morgan fingerprint density at radius 1 is 1.64 bits per heavy atom. The molecule has 80 valence electrons. The largest absolute Gasteiger partial charge is 0.366 e. The van der Waals surface area contributed by atoms with E-state index in [0.29, 0.717) is 12.5 Å². The van der Waals surface area contributed by atoms with Gasteiger partial charge in [-0.1, -0.05) is 6.92 Å². The average molecular weight is 198 g/mol. The van der Waals surface area contributed by atoms with Crippen molar-refractivity contribution in [3.8, 4) is 0 Å². The first kappa shape index (κ1) is 9.93. The molecule has 1 amide bonds. The highest BCUT2D eigenvalue weighted by Gasteiger charge is 2.31. The van der Waals surface area contributed by atoms with Gasteiger partial charge in [-0.05, 0) is 19.5 Å². The molecule has 0 aromatic carbocycles. The van der Waals surface area contributed by atoms with Crippen LogP contribution >= 0.6 is 0 Å². The van der Waals surface area contributed by atoms with Gasteiger partial charge in [-0.25, -0.2) is 0 Å². The minimum atomic E-state index is 0.0200. The summed E-state index contributed by atoms with van der Waals surface area (Å²) in [6.07, 6.45) is 1.44. The van der Waals surface area contributed by atoms with Crippen molar-refractivity contribution in [2.24, 2.45) is 5.92 Å². The molecule has 0 spiro atoms. The van der Waals surface area contributed by atoms with E-state index in [-0.39, 0.29) is 18.6 Å². The van der Waals surface area contributed by atoms with Crippen molar-refractivity contribution in [3.05, 3.63) is 0 Å². The first-order valence-electron chi connectivity index (χ1n) is 5.40. The Bertz CT molecular complexity index is 210. The number of carbonyl (C=O) groups excluding carboxylic acids is 1. The van der Waals surface area contributed by atoms with Crippen molar-refractivity contribution >= 4 is 5.91 Å². The lowest BCUT2D eigenvalue weighted by molar-refractivity contribution is -0.135. The van der Waals surface area contributed by atoms with Crippen LogP contribution in [0, 0.1) is 5.92 Å². The lowest BCUT2D eigenvalue weighted by Gasteiger charge is -2.28. The van der Waals surface area contributed by atoms with E-state index in [9.17, 15) is 4.79 Å². The van der Waals surface area contributed by atoms with Crippen molar-refractivity contribution in [1.82, 2.24) is 10.2 Å². The monoisotopic (exact) mass is 198 g/mol. The second-order valence-corrected chi connectivity index (χ2v) is 4.10. The Morgan fingerprint density at radius 2 is 2.50 bits per heavy atom. The number of morpholine rings is 1. The van der Waals surface area contributed by atoms with Gasteiger partial charge in [-0.15, -0.1) is 0 Å². The zero-order valence-corrected chi connectivity index (χ0v) is 8.66. The average Bonchev–Trinajstić information content (AvgIpc) is 2.67. The molecule has 2 heterocycles. The van der Waals surface area contributed by atoms with Crippen LogP contribution in [0.5, 0.6) is 0 Å². The summed E-state index contributed by atoms with van der Waals surface area (Å²) in [7, 11) is 0. The molecule has 14 heavy (non-hydrogen) atoms. The first-order valence-corrected chi connectivity index (χ1v) is 5.40. The van der Waals surface area contributed by atoms with E-state index in [4.69, 9.17) is 4.74 Å². The molecular weight excluding hydrogens is 180 g/mol. The summed E-state index contributed by atoms with van der Waals surface area (Å²) in [6, 6.07) is 0. The van der Waals surface area contributed by atoms with E-state index in [1.807, 2.05) is 0 Å². The molecule has 4 heteroatoms. The van der Waals surface area contributed by atoms with Gasteiger partial charge in [0.1, 0.15) is 6.61 Å². The second kappa shape index (κ2) is 4.28. The Morgan fingerprint density at radius 3 is 3.07 bits per heavy atom. The van der Waals surface area contributed by atoms with Crippen LogP contribution in [0.25, 0.3) is 0 Å². The molecule has 2 aliphatic rings. The Labute approximate surface area is 84.6 Å². The molecule has 0 aromatic rings. The van der Waals surface area contributed by atoms with E-state index < -0.39 is 0 Å². The number of hydrogen-bond acceptors (Lipinski definition) is 3. The number of rotatable bonds is 2. The lowest BCUT2D eigenvalue weighted by Crippen LogP contribution is -2.46. The molecule has 0 radical (unpaired) electrons. The van der Waals surface area contributed by atoms with Gasteiger partial charge in [0, 0.05) is 19.0 Å². The summed E-state index contributed by atoms with van der Waals surface area (Å²) < 4.78 is 5.53. The third-order valence-corrected chi connectivity index (χ3v) is 3.21. The minimum Gasteiger partial charge on any atom is -0.366 e. The molecule has 2 aliphatic heterocycles. The van der Waals surface area contributed by atoms with Gasteiger partial charge in [0.05, 0.1) is 6.10 Å². The number of nitrogens with zero attached hydrogens (tertiary/aromatic N) is 1. The fourth-order valence-corrected chi connectivity index (χ4v) is 2.26. The van der Waals surface area contributed by atoms with Crippen LogP contribution in [-0.4, -0.2) is 49.7 Å². The van der Waals surface area contributed by atoms with Crippen molar-refractivity contribution in [2.75, 3.05) is 32.8 Å². The summed E-state index contributed by atoms with van der Waals surface area (Å²) in [6.45, 7) is 6.54. The standard InChI is InChI=1S/C10H18N2O2/c1-2-12-4-3-8(6-12)9-5-11-10(13)7-14-9/h8-9H,2-7H2,1H3,(H,11,13). The summed E-state index contributed by atoms with van der Waals surface area (Å²) in [5.41, 5.74) is 0. The van der Waals surface area contributed by atoms with Gasteiger partial charge in [0.2, 0.25) is 5.91 Å². The normalized spacial score (nSPS) is 34.5. The fourth-order valence-electron chi connectivity index (χ4n) is 2.26. The van der Waals surface area contributed by atoms with Crippen LogP contribution in [0.4, 0.5) is 0 Å².